The molecule has 0 saturated carbocycles. The van der Waals surface area contributed by atoms with Crippen LogP contribution in [0.5, 0.6) is 17.2 Å². The zero-order chi connectivity index (χ0) is 29.5. The van der Waals surface area contributed by atoms with E-state index in [-0.39, 0.29) is 11.8 Å². The summed E-state index contributed by atoms with van der Waals surface area (Å²) in [7, 11) is 3.09. The topological polar surface area (TPSA) is 116 Å². The fraction of sp³-hybridized carbons (Fsp3) is 0.333. The number of amides is 1. The van der Waals surface area contributed by atoms with Crippen LogP contribution in [0.4, 0.5) is 27.9 Å². The number of ether oxygens (including phenoxy) is 4. The molecule has 12 heteroatoms. The summed E-state index contributed by atoms with van der Waals surface area (Å²) in [6, 6.07) is 12.5. The van der Waals surface area contributed by atoms with Crippen LogP contribution in [0, 0.1) is 13.8 Å². The highest BCUT2D eigenvalue weighted by Crippen LogP contribution is 2.37. The number of methoxy groups -OCH3 is 2. The van der Waals surface area contributed by atoms with Gasteiger partial charge in [-0.2, -0.15) is 10.1 Å². The normalized spacial score (nSPS) is 13.4. The number of rotatable bonds is 10. The molecule has 1 amide bonds. The molecule has 0 unspecified atom stereocenters. The number of carbonyl (C=O) groups is 1. The summed E-state index contributed by atoms with van der Waals surface area (Å²) in [4.78, 5) is 26.6. The molecule has 1 N–H and O–H groups in total. The smallest absolute Gasteiger partial charge is 0.425 e. The van der Waals surface area contributed by atoms with E-state index in [2.05, 4.69) is 25.3 Å². The Morgan fingerprint density at radius 1 is 1.05 bits per heavy atom. The van der Waals surface area contributed by atoms with Crippen molar-refractivity contribution in [3.05, 3.63) is 72.2 Å². The average molecular weight is 574 g/mol. The first-order chi connectivity index (χ1) is 20.4. The Bertz CT molecular complexity index is 1500. The lowest BCUT2D eigenvalue weighted by Crippen LogP contribution is -2.38. The molecule has 0 bridgehead atoms. The molecule has 12 nitrogen and oxygen atoms in total. The molecule has 1 aliphatic rings. The minimum Gasteiger partial charge on any atom is -0.497 e. The summed E-state index contributed by atoms with van der Waals surface area (Å²) in [5.74, 6) is 2.04. The van der Waals surface area contributed by atoms with Gasteiger partial charge in [-0.1, -0.05) is 18.2 Å². The number of morpholine rings is 1. The molecule has 0 spiro atoms. The molecule has 5 rings (SSSR count). The third kappa shape index (κ3) is 6.78. The van der Waals surface area contributed by atoms with E-state index in [9.17, 15) is 4.79 Å². The quantitative estimate of drug-likeness (QED) is 0.286. The molecule has 2 aromatic carbocycles. The van der Waals surface area contributed by atoms with E-state index in [1.54, 1.807) is 43.8 Å². The van der Waals surface area contributed by atoms with Crippen molar-refractivity contribution in [2.24, 2.45) is 0 Å². The van der Waals surface area contributed by atoms with Crippen LogP contribution in [-0.4, -0.2) is 77.8 Å². The van der Waals surface area contributed by atoms with Crippen molar-refractivity contribution in [2.45, 2.75) is 20.4 Å². The van der Waals surface area contributed by atoms with Gasteiger partial charge in [0.15, 0.2) is 0 Å². The molecule has 1 aliphatic heterocycles. The molecule has 1 saturated heterocycles. The van der Waals surface area contributed by atoms with Crippen LogP contribution in [-0.2, 0) is 11.3 Å². The van der Waals surface area contributed by atoms with E-state index in [1.165, 1.54) is 12.0 Å². The second-order valence-corrected chi connectivity index (χ2v) is 9.77. The minimum absolute atomic E-state index is 0.284. The lowest BCUT2D eigenvalue weighted by molar-refractivity contribution is 0.0360. The van der Waals surface area contributed by atoms with Gasteiger partial charge in [0.1, 0.15) is 23.1 Å². The van der Waals surface area contributed by atoms with Crippen LogP contribution in [0.25, 0.3) is 0 Å². The van der Waals surface area contributed by atoms with Gasteiger partial charge in [0.25, 0.3) is 0 Å². The van der Waals surface area contributed by atoms with Gasteiger partial charge >= 0.3 is 6.09 Å². The van der Waals surface area contributed by atoms with Gasteiger partial charge in [-0.25, -0.2) is 14.7 Å². The Balaban J connectivity index is 1.41. The van der Waals surface area contributed by atoms with Crippen LogP contribution in [0.2, 0.25) is 0 Å². The molecule has 0 aliphatic carbocycles. The maximum atomic E-state index is 13.8. The molecule has 0 radical (unpaired) electrons. The first kappa shape index (κ1) is 28.8. The van der Waals surface area contributed by atoms with Gasteiger partial charge < -0.3 is 24.3 Å². The van der Waals surface area contributed by atoms with Crippen LogP contribution >= 0.6 is 0 Å². The molecule has 1 fully saturated rings. The van der Waals surface area contributed by atoms with E-state index in [1.807, 2.05) is 42.9 Å². The monoisotopic (exact) mass is 573 g/mol. The fourth-order valence-electron chi connectivity index (χ4n) is 4.66. The number of hydrogen-bond donors (Lipinski definition) is 1. The van der Waals surface area contributed by atoms with E-state index in [4.69, 9.17) is 18.9 Å². The molecule has 42 heavy (non-hydrogen) atoms. The molecular formula is C30H35N7O5. The van der Waals surface area contributed by atoms with Gasteiger partial charge in [-0.3, -0.25) is 9.58 Å². The first-order valence-electron chi connectivity index (χ1n) is 13.7. The van der Waals surface area contributed by atoms with Gasteiger partial charge in [0, 0.05) is 44.2 Å². The van der Waals surface area contributed by atoms with Gasteiger partial charge in [-0.15, -0.1) is 0 Å². The Morgan fingerprint density at radius 3 is 2.57 bits per heavy atom. The van der Waals surface area contributed by atoms with Crippen molar-refractivity contribution in [3.63, 3.8) is 0 Å². The van der Waals surface area contributed by atoms with Gasteiger partial charge in [0.2, 0.25) is 5.95 Å². The summed E-state index contributed by atoms with van der Waals surface area (Å²) >= 11 is 0. The molecule has 220 valence electrons. The van der Waals surface area contributed by atoms with E-state index < -0.39 is 6.09 Å². The number of anilines is 4. The highest BCUT2D eigenvalue weighted by Gasteiger charge is 2.27. The lowest BCUT2D eigenvalue weighted by atomic mass is 10.1. The largest absolute Gasteiger partial charge is 0.497 e. The van der Waals surface area contributed by atoms with E-state index in [0.717, 1.165) is 56.2 Å². The summed E-state index contributed by atoms with van der Waals surface area (Å²) in [5.41, 5.74) is 2.82. The number of benzene rings is 2. The molecule has 2 aromatic heterocycles. The van der Waals surface area contributed by atoms with Crippen molar-refractivity contribution in [1.29, 1.82) is 0 Å². The predicted molar refractivity (Wildman–Crippen MR) is 158 cm³/mol. The maximum absolute atomic E-state index is 13.8. The van der Waals surface area contributed by atoms with Crippen LogP contribution < -0.4 is 24.4 Å². The highest BCUT2D eigenvalue weighted by molar-refractivity contribution is 5.98. The summed E-state index contributed by atoms with van der Waals surface area (Å²) in [6.07, 6.45) is 4.53. The van der Waals surface area contributed by atoms with Gasteiger partial charge in [-0.05, 0) is 37.1 Å². The van der Waals surface area contributed by atoms with Gasteiger partial charge in [0.05, 0.1) is 51.5 Å². The number of nitrogens with one attached hydrogen (secondary N) is 1. The highest BCUT2D eigenvalue weighted by atomic mass is 16.6. The maximum Gasteiger partial charge on any atom is 0.425 e. The zero-order valence-electron chi connectivity index (χ0n) is 24.2. The van der Waals surface area contributed by atoms with Crippen LogP contribution in [0.1, 0.15) is 11.1 Å². The van der Waals surface area contributed by atoms with Crippen molar-refractivity contribution < 1.29 is 23.7 Å². The number of aromatic nitrogens is 4. The molecule has 3 heterocycles. The third-order valence-electron chi connectivity index (χ3n) is 6.92. The Hall–Kier alpha value is -4.68. The molecule has 4 aromatic rings. The number of aryl methyl sites for hydroxylation is 2. The lowest BCUT2D eigenvalue weighted by Gasteiger charge is -2.26. The summed E-state index contributed by atoms with van der Waals surface area (Å²) in [5, 5.41) is 7.65. The van der Waals surface area contributed by atoms with Crippen LogP contribution in [0.15, 0.2) is 61.1 Å². The Labute approximate surface area is 244 Å². The second-order valence-electron chi connectivity index (χ2n) is 9.77. The standard InChI is InChI=1S/C30H35N7O5/c1-21-6-5-7-22(2)28(21)42-30(38)37(25-9-8-24(39-3)18-26(25)40-4)27-10-11-31-29(34-27)33-23-19-32-36(20-23)13-12-35-14-16-41-17-15-35/h5-11,18-20H,12-17H2,1-4H3,(H,31,33,34). The number of nitrogens with zero attached hydrogens (tertiary/aromatic N) is 6. The SMILES string of the molecule is COc1ccc(N(C(=O)Oc2c(C)cccc2C)c2ccnc(Nc3cnn(CCN4CCOCC4)c3)n2)c(OC)c1. The molecule has 0 atom stereocenters. The fourth-order valence-corrected chi connectivity index (χ4v) is 4.66. The number of carbonyl (C=O) groups excluding carboxylic acids is 1. The number of para-hydroxylation sites is 1. The second kappa shape index (κ2) is 13.3. The van der Waals surface area contributed by atoms with Crippen molar-refractivity contribution in [2.75, 3.05) is 57.3 Å². The average Bonchev–Trinajstić information content (AvgIpc) is 3.46. The first-order valence-corrected chi connectivity index (χ1v) is 13.7. The third-order valence-corrected chi connectivity index (χ3v) is 6.92. The Kier molecular flexibility index (Phi) is 9.15. The van der Waals surface area contributed by atoms with Crippen molar-refractivity contribution in [3.8, 4) is 17.2 Å². The van der Waals surface area contributed by atoms with Crippen molar-refractivity contribution in [1.82, 2.24) is 24.6 Å². The van der Waals surface area contributed by atoms with E-state index >= 15 is 0 Å². The zero-order valence-corrected chi connectivity index (χ0v) is 24.2. The minimum atomic E-state index is -0.656. The number of hydrogen-bond acceptors (Lipinski definition) is 10. The van der Waals surface area contributed by atoms with E-state index in [0.29, 0.717) is 22.9 Å². The Morgan fingerprint density at radius 2 is 1.83 bits per heavy atom. The van der Waals surface area contributed by atoms with Crippen molar-refractivity contribution >= 4 is 29.2 Å². The molecular weight excluding hydrogens is 538 g/mol. The summed E-state index contributed by atoms with van der Waals surface area (Å²) < 4.78 is 24.2. The predicted octanol–water partition coefficient (Wildman–Crippen LogP) is 4.72. The summed E-state index contributed by atoms with van der Waals surface area (Å²) in [6.45, 7) is 8.79. The van der Waals surface area contributed by atoms with Crippen LogP contribution in [0.3, 0.4) is 0 Å².